The van der Waals surface area contributed by atoms with Crippen LogP contribution in [0, 0.1) is 0 Å². The summed E-state index contributed by atoms with van der Waals surface area (Å²) in [6.07, 6.45) is 0.0785. The molecule has 0 atom stereocenters. The van der Waals surface area contributed by atoms with E-state index in [1.165, 1.54) is 5.39 Å². The van der Waals surface area contributed by atoms with E-state index in [1.54, 1.807) is 0 Å². The molecule has 0 fully saturated rings. The smallest absolute Gasteiger partial charge is 0.212 e. The average molecular weight is 451 g/mol. The number of halogens is 1. The lowest BCUT2D eigenvalue weighted by atomic mass is 10.1. The van der Waals surface area contributed by atoms with Crippen LogP contribution in [0.4, 0.5) is 0 Å². The Hall–Kier alpha value is -2.79. The molecular formula is C24H23BrN2O2. The number of hydrogen-bond acceptors (Lipinski definition) is 3. The molecular weight excluding hydrogens is 428 g/mol. The van der Waals surface area contributed by atoms with E-state index in [4.69, 9.17) is 14.6 Å². The first-order valence-electron chi connectivity index (χ1n) is 9.70. The van der Waals surface area contributed by atoms with Gasteiger partial charge in [-0.2, -0.15) is 5.10 Å². The van der Waals surface area contributed by atoms with Crippen LogP contribution < -0.4 is 9.47 Å². The third-order valence-corrected chi connectivity index (χ3v) is 5.01. The molecule has 0 saturated carbocycles. The zero-order chi connectivity index (χ0) is 20.2. The molecule has 0 saturated heterocycles. The largest absolute Gasteiger partial charge is 0.492 e. The van der Waals surface area contributed by atoms with Crippen LogP contribution in [0.3, 0.4) is 0 Å². The fraction of sp³-hybridized carbons (Fsp3) is 0.208. The topological polar surface area (TPSA) is 36.3 Å². The quantitative estimate of drug-likeness (QED) is 0.329. The van der Waals surface area contributed by atoms with Crippen LogP contribution in [0.15, 0.2) is 77.3 Å². The zero-order valence-corrected chi connectivity index (χ0v) is 18.1. The summed E-state index contributed by atoms with van der Waals surface area (Å²) in [5.41, 5.74) is 1.97. The van der Waals surface area contributed by atoms with Gasteiger partial charge in [-0.25, -0.2) is 4.68 Å². The van der Waals surface area contributed by atoms with E-state index in [1.807, 2.05) is 54.9 Å². The van der Waals surface area contributed by atoms with Gasteiger partial charge < -0.3 is 9.47 Å². The van der Waals surface area contributed by atoms with Gasteiger partial charge in [0.1, 0.15) is 12.4 Å². The van der Waals surface area contributed by atoms with Crippen molar-refractivity contribution >= 4 is 26.7 Å². The Balaban J connectivity index is 1.48. The minimum absolute atomic E-state index is 0.0785. The highest BCUT2D eigenvalue weighted by atomic mass is 79.9. The minimum Gasteiger partial charge on any atom is -0.492 e. The van der Waals surface area contributed by atoms with E-state index in [-0.39, 0.29) is 6.10 Å². The molecule has 0 unspecified atom stereocenters. The Labute approximate surface area is 179 Å². The lowest BCUT2D eigenvalue weighted by Crippen LogP contribution is -2.14. The SMILES string of the molecule is CC(C)Oc1cc(-c2ccccc2)nn1CCOc1ccc2cc(Br)ccc2c1. The number of rotatable bonds is 7. The van der Waals surface area contributed by atoms with E-state index >= 15 is 0 Å². The van der Waals surface area contributed by atoms with Crippen LogP contribution in [0.1, 0.15) is 13.8 Å². The first kappa shape index (κ1) is 19.5. The third-order valence-electron chi connectivity index (χ3n) is 4.51. The highest BCUT2D eigenvalue weighted by molar-refractivity contribution is 9.10. The van der Waals surface area contributed by atoms with Crippen molar-refractivity contribution in [3.05, 3.63) is 77.3 Å². The number of ether oxygens (including phenoxy) is 2. The summed E-state index contributed by atoms with van der Waals surface area (Å²) in [6.45, 7) is 5.15. The number of nitrogens with zero attached hydrogens (tertiary/aromatic N) is 2. The molecule has 0 N–H and O–H groups in total. The van der Waals surface area contributed by atoms with Gasteiger partial charge in [-0.1, -0.05) is 58.4 Å². The van der Waals surface area contributed by atoms with Crippen LogP contribution in [-0.4, -0.2) is 22.5 Å². The van der Waals surface area contributed by atoms with E-state index in [0.29, 0.717) is 13.2 Å². The summed E-state index contributed by atoms with van der Waals surface area (Å²) in [5.74, 6) is 1.60. The maximum absolute atomic E-state index is 6.00. The van der Waals surface area contributed by atoms with Crippen molar-refractivity contribution in [3.63, 3.8) is 0 Å². The molecule has 3 aromatic carbocycles. The van der Waals surface area contributed by atoms with Crippen molar-refractivity contribution in [1.82, 2.24) is 9.78 Å². The maximum atomic E-state index is 6.00. The maximum Gasteiger partial charge on any atom is 0.212 e. The van der Waals surface area contributed by atoms with Gasteiger partial charge in [0.2, 0.25) is 5.88 Å². The summed E-state index contributed by atoms with van der Waals surface area (Å²) in [5, 5.41) is 7.06. The summed E-state index contributed by atoms with van der Waals surface area (Å²) < 4.78 is 14.9. The minimum atomic E-state index is 0.0785. The number of benzene rings is 3. The number of hydrogen-bond donors (Lipinski definition) is 0. The van der Waals surface area contributed by atoms with E-state index in [9.17, 15) is 0 Å². The van der Waals surface area contributed by atoms with Gasteiger partial charge in [0, 0.05) is 16.1 Å². The fourth-order valence-corrected chi connectivity index (χ4v) is 3.56. The molecule has 29 heavy (non-hydrogen) atoms. The molecule has 4 nitrogen and oxygen atoms in total. The Morgan fingerprint density at radius 2 is 1.69 bits per heavy atom. The monoisotopic (exact) mass is 450 g/mol. The van der Waals surface area contributed by atoms with E-state index in [0.717, 1.165) is 32.7 Å². The first-order chi connectivity index (χ1) is 14.1. The zero-order valence-electron chi connectivity index (χ0n) is 16.5. The second-order valence-corrected chi connectivity index (χ2v) is 8.04. The van der Waals surface area contributed by atoms with Crippen LogP contribution in [-0.2, 0) is 6.54 Å². The Bertz CT molecular complexity index is 1110. The molecule has 4 aromatic rings. The molecule has 4 rings (SSSR count). The molecule has 0 aliphatic rings. The van der Waals surface area contributed by atoms with E-state index in [2.05, 4.69) is 52.3 Å². The van der Waals surface area contributed by atoms with Crippen LogP contribution in [0.25, 0.3) is 22.0 Å². The van der Waals surface area contributed by atoms with Gasteiger partial charge >= 0.3 is 0 Å². The number of aromatic nitrogens is 2. The fourth-order valence-electron chi connectivity index (χ4n) is 3.18. The third kappa shape index (κ3) is 4.80. The van der Waals surface area contributed by atoms with Gasteiger partial charge in [0.15, 0.2) is 0 Å². The van der Waals surface area contributed by atoms with Gasteiger partial charge in [-0.15, -0.1) is 0 Å². The molecule has 0 bridgehead atoms. The molecule has 0 aliphatic heterocycles. The normalized spacial score (nSPS) is 11.2. The molecule has 1 aromatic heterocycles. The summed E-state index contributed by atoms with van der Waals surface area (Å²) in [6, 6.07) is 24.5. The van der Waals surface area contributed by atoms with Gasteiger partial charge in [-0.05, 0) is 48.9 Å². The Morgan fingerprint density at radius 3 is 2.48 bits per heavy atom. The lowest BCUT2D eigenvalue weighted by Gasteiger charge is -2.12. The second kappa shape index (κ2) is 8.70. The average Bonchev–Trinajstić information content (AvgIpc) is 3.11. The standard InChI is InChI=1S/C24H23BrN2O2/c1-17(2)29-24-16-23(18-6-4-3-5-7-18)26-27(24)12-13-28-22-11-9-19-14-21(25)10-8-20(19)15-22/h3-11,14-17H,12-13H2,1-2H3. The van der Waals surface area contributed by atoms with Crippen molar-refractivity contribution in [2.75, 3.05) is 6.61 Å². The second-order valence-electron chi connectivity index (χ2n) is 7.13. The van der Waals surface area contributed by atoms with Crippen molar-refractivity contribution in [1.29, 1.82) is 0 Å². The molecule has 148 valence electrons. The van der Waals surface area contributed by atoms with Crippen LogP contribution >= 0.6 is 15.9 Å². The van der Waals surface area contributed by atoms with Crippen molar-refractivity contribution in [3.8, 4) is 22.9 Å². The molecule has 0 spiro atoms. The first-order valence-corrected chi connectivity index (χ1v) is 10.5. The lowest BCUT2D eigenvalue weighted by molar-refractivity contribution is 0.207. The highest BCUT2D eigenvalue weighted by Gasteiger charge is 2.12. The van der Waals surface area contributed by atoms with Gasteiger partial charge in [0.25, 0.3) is 0 Å². The van der Waals surface area contributed by atoms with Gasteiger partial charge in [0.05, 0.1) is 18.3 Å². The molecule has 0 aliphatic carbocycles. The van der Waals surface area contributed by atoms with Crippen molar-refractivity contribution < 1.29 is 9.47 Å². The highest BCUT2D eigenvalue weighted by Crippen LogP contribution is 2.26. The molecule has 1 heterocycles. The Morgan fingerprint density at radius 1 is 0.931 bits per heavy atom. The van der Waals surface area contributed by atoms with Crippen molar-refractivity contribution in [2.45, 2.75) is 26.5 Å². The van der Waals surface area contributed by atoms with Crippen LogP contribution in [0.2, 0.25) is 0 Å². The van der Waals surface area contributed by atoms with Crippen LogP contribution in [0.5, 0.6) is 11.6 Å². The molecule has 0 radical (unpaired) electrons. The Kier molecular flexibility index (Phi) is 5.86. The summed E-state index contributed by atoms with van der Waals surface area (Å²) >= 11 is 3.51. The van der Waals surface area contributed by atoms with Gasteiger partial charge in [-0.3, -0.25) is 0 Å². The summed E-state index contributed by atoms with van der Waals surface area (Å²) in [4.78, 5) is 0. The number of fused-ring (bicyclic) bond motifs is 1. The molecule has 5 heteroatoms. The van der Waals surface area contributed by atoms with Crippen molar-refractivity contribution in [2.24, 2.45) is 0 Å². The molecule has 0 amide bonds. The predicted molar refractivity (Wildman–Crippen MR) is 121 cm³/mol. The predicted octanol–water partition coefficient (Wildman–Crippen LogP) is 6.33. The summed E-state index contributed by atoms with van der Waals surface area (Å²) in [7, 11) is 0. The van der Waals surface area contributed by atoms with E-state index < -0.39 is 0 Å².